The Morgan fingerprint density at radius 2 is 0.815 bits per heavy atom. The van der Waals surface area contributed by atoms with Crippen LogP contribution >= 0.6 is 11.6 Å². The van der Waals surface area contributed by atoms with E-state index in [4.69, 9.17) is 11.6 Å². The Kier molecular flexibility index (Phi) is 6.29. The van der Waals surface area contributed by atoms with E-state index in [0.717, 1.165) is 16.7 Å². The number of hydrogen-bond donors (Lipinski definition) is 0. The third-order valence-electron chi connectivity index (χ3n) is 3.80. The third kappa shape index (κ3) is 4.57. The zero-order valence-electron chi connectivity index (χ0n) is 15.3. The van der Waals surface area contributed by atoms with Crippen LogP contribution < -0.4 is 0 Å². The summed E-state index contributed by atoms with van der Waals surface area (Å²) in [5.74, 6) is 1.93. The summed E-state index contributed by atoms with van der Waals surface area (Å²) < 4.78 is 0. The van der Waals surface area contributed by atoms with Crippen LogP contribution in [0.3, 0.4) is 0 Å². The van der Waals surface area contributed by atoms with Crippen LogP contribution in [0.1, 0.15) is 13.8 Å². The van der Waals surface area contributed by atoms with Crippen LogP contribution in [0.4, 0.5) is 0 Å². The Labute approximate surface area is 164 Å². The van der Waals surface area contributed by atoms with Gasteiger partial charge in [0.05, 0.1) is 0 Å². The van der Waals surface area contributed by atoms with Gasteiger partial charge >= 0.3 is 0 Å². The maximum atomic E-state index is 6.00. The van der Waals surface area contributed by atoms with Crippen LogP contribution in [-0.4, -0.2) is 15.0 Å². The molecular formula is C23H20ClN3. The molecular weight excluding hydrogens is 354 g/mol. The lowest BCUT2D eigenvalue weighted by Crippen LogP contribution is -1.99. The average Bonchev–Trinajstić information content (AvgIpc) is 2.76. The van der Waals surface area contributed by atoms with Gasteiger partial charge in [-0.25, -0.2) is 15.0 Å². The highest BCUT2D eigenvalue weighted by Gasteiger charge is 2.11. The van der Waals surface area contributed by atoms with E-state index in [1.807, 2.05) is 98.8 Å². The minimum atomic E-state index is 0.629. The normalized spacial score (nSPS) is 10.0. The molecule has 0 bridgehead atoms. The van der Waals surface area contributed by atoms with Crippen molar-refractivity contribution in [3.63, 3.8) is 0 Å². The smallest absolute Gasteiger partial charge is 0.164 e. The molecule has 0 N–H and O–H groups in total. The summed E-state index contributed by atoms with van der Waals surface area (Å²) in [5.41, 5.74) is 2.82. The van der Waals surface area contributed by atoms with E-state index in [1.165, 1.54) is 0 Å². The Morgan fingerprint density at radius 3 is 1.19 bits per heavy atom. The molecule has 4 heteroatoms. The van der Waals surface area contributed by atoms with E-state index in [-0.39, 0.29) is 0 Å². The summed E-state index contributed by atoms with van der Waals surface area (Å²) in [6.45, 7) is 4.00. The second-order valence-corrected chi connectivity index (χ2v) is 5.98. The number of halogens is 1. The standard InChI is InChI=1S/C21H14ClN3.C2H6/c22-18-13-11-17(12-14-18)21-24-19(15-7-3-1-4-8-15)23-20(25-21)16-9-5-2-6-10-16;1-2/h1-14H;1-2H3. The molecule has 0 radical (unpaired) electrons. The Balaban J connectivity index is 0.00000102. The Morgan fingerprint density at radius 1 is 0.481 bits per heavy atom. The van der Waals surface area contributed by atoms with Gasteiger partial charge in [-0.3, -0.25) is 0 Å². The molecule has 0 fully saturated rings. The molecule has 27 heavy (non-hydrogen) atoms. The predicted octanol–water partition coefficient (Wildman–Crippen LogP) is 6.55. The largest absolute Gasteiger partial charge is 0.208 e. The summed E-state index contributed by atoms with van der Waals surface area (Å²) in [4.78, 5) is 14.0. The number of benzene rings is 3. The van der Waals surface area contributed by atoms with Crippen molar-refractivity contribution >= 4 is 11.6 Å². The molecule has 0 aliphatic heterocycles. The van der Waals surface area contributed by atoms with E-state index < -0.39 is 0 Å². The minimum absolute atomic E-state index is 0.629. The molecule has 0 saturated carbocycles. The fourth-order valence-electron chi connectivity index (χ4n) is 2.54. The molecule has 0 saturated heterocycles. The summed E-state index contributed by atoms with van der Waals surface area (Å²) >= 11 is 6.00. The highest BCUT2D eigenvalue weighted by Crippen LogP contribution is 2.25. The number of aromatic nitrogens is 3. The maximum absolute atomic E-state index is 6.00. The van der Waals surface area contributed by atoms with Gasteiger partial charge < -0.3 is 0 Å². The van der Waals surface area contributed by atoms with Crippen LogP contribution in [0, 0.1) is 0 Å². The van der Waals surface area contributed by atoms with Gasteiger partial charge in [0.15, 0.2) is 17.5 Å². The van der Waals surface area contributed by atoms with Crippen LogP contribution in [0.25, 0.3) is 34.2 Å². The van der Waals surface area contributed by atoms with Crippen molar-refractivity contribution in [3.05, 3.63) is 90.0 Å². The Bertz CT molecular complexity index is 927. The van der Waals surface area contributed by atoms with Gasteiger partial charge in [-0.2, -0.15) is 0 Å². The van der Waals surface area contributed by atoms with Crippen molar-refractivity contribution in [2.45, 2.75) is 13.8 Å². The van der Waals surface area contributed by atoms with Gasteiger partial charge in [-0.15, -0.1) is 0 Å². The first-order valence-corrected chi connectivity index (χ1v) is 9.30. The van der Waals surface area contributed by atoms with Crippen molar-refractivity contribution in [2.75, 3.05) is 0 Å². The second-order valence-electron chi connectivity index (χ2n) is 5.55. The lowest BCUT2D eigenvalue weighted by atomic mass is 10.1. The monoisotopic (exact) mass is 373 g/mol. The van der Waals surface area contributed by atoms with E-state index in [2.05, 4.69) is 15.0 Å². The van der Waals surface area contributed by atoms with Gasteiger partial charge in [0, 0.05) is 21.7 Å². The first-order chi connectivity index (χ1) is 13.3. The van der Waals surface area contributed by atoms with Gasteiger partial charge in [0.2, 0.25) is 0 Å². The topological polar surface area (TPSA) is 38.7 Å². The molecule has 134 valence electrons. The van der Waals surface area contributed by atoms with E-state index in [1.54, 1.807) is 0 Å². The molecule has 1 heterocycles. The second kappa shape index (κ2) is 9.06. The summed E-state index contributed by atoms with van der Waals surface area (Å²) in [6, 6.07) is 27.3. The summed E-state index contributed by atoms with van der Waals surface area (Å²) in [6.07, 6.45) is 0. The van der Waals surface area contributed by atoms with E-state index in [9.17, 15) is 0 Å². The molecule has 0 unspecified atom stereocenters. The number of nitrogens with zero attached hydrogens (tertiary/aromatic N) is 3. The predicted molar refractivity (Wildman–Crippen MR) is 112 cm³/mol. The van der Waals surface area contributed by atoms with Crippen LogP contribution in [0.15, 0.2) is 84.9 Å². The molecule has 1 aromatic heterocycles. The van der Waals surface area contributed by atoms with Crippen LogP contribution in [-0.2, 0) is 0 Å². The summed E-state index contributed by atoms with van der Waals surface area (Å²) in [7, 11) is 0. The molecule has 0 atom stereocenters. The zero-order chi connectivity index (χ0) is 19.1. The molecule has 4 rings (SSSR count). The third-order valence-corrected chi connectivity index (χ3v) is 4.05. The quantitative estimate of drug-likeness (QED) is 0.408. The molecule has 3 aromatic carbocycles. The molecule has 4 aromatic rings. The van der Waals surface area contributed by atoms with E-state index >= 15 is 0 Å². The van der Waals surface area contributed by atoms with Crippen LogP contribution in [0.5, 0.6) is 0 Å². The van der Waals surface area contributed by atoms with Crippen LogP contribution in [0.2, 0.25) is 5.02 Å². The van der Waals surface area contributed by atoms with Gasteiger partial charge in [0.25, 0.3) is 0 Å². The van der Waals surface area contributed by atoms with Crippen molar-refractivity contribution in [3.8, 4) is 34.2 Å². The lowest BCUT2D eigenvalue weighted by molar-refractivity contribution is 1.07. The number of rotatable bonds is 3. The van der Waals surface area contributed by atoms with E-state index in [0.29, 0.717) is 22.5 Å². The van der Waals surface area contributed by atoms with Gasteiger partial charge in [0.1, 0.15) is 0 Å². The van der Waals surface area contributed by atoms with Crippen molar-refractivity contribution in [1.82, 2.24) is 15.0 Å². The van der Waals surface area contributed by atoms with Crippen molar-refractivity contribution in [1.29, 1.82) is 0 Å². The number of hydrogen-bond acceptors (Lipinski definition) is 3. The van der Waals surface area contributed by atoms with Crippen molar-refractivity contribution < 1.29 is 0 Å². The first-order valence-electron chi connectivity index (χ1n) is 8.92. The van der Waals surface area contributed by atoms with Gasteiger partial charge in [-0.05, 0) is 24.3 Å². The van der Waals surface area contributed by atoms with Gasteiger partial charge in [-0.1, -0.05) is 86.1 Å². The fourth-order valence-corrected chi connectivity index (χ4v) is 2.66. The highest BCUT2D eigenvalue weighted by molar-refractivity contribution is 6.30. The minimum Gasteiger partial charge on any atom is -0.208 e. The Hall–Kier alpha value is -3.04. The average molecular weight is 374 g/mol. The molecule has 0 aliphatic rings. The van der Waals surface area contributed by atoms with Crippen molar-refractivity contribution in [2.24, 2.45) is 0 Å². The highest BCUT2D eigenvalue weighted by atomic mass is 35.5. The molecule has 0 amide bonds. The maximum Gasteiger partial charge on any atom is 0.164 e. The summed E-state index contributed by atoms with van der Waals surface area (Å²) in [5, 5.41) is 0.685. The lowest BCUT2D eigenvalue weighted by Gasteiger charge is -2.08. The molecule has 0 spiro atoms. The first kappa shape index (κ1) is 18.7. The SMILES string of the molecule is CC.Clc1ccc(-c2nc(-c3ccccc3)nc(-c3ccccc3)n2)cc1. The fraction of sp³-hybridized carbons (Fsp3) is 0.0870. The molecule has 0 aliphatic carbocycles. The zero-order valence-corrected chi connectivity index (χ0v) is 16.1. The molecule has 3 nitrogen and oxygen atoms in total.